The van der Waals surface area contributed by atoms with Crippen LogP contribution in [-0.2, 0) is 14.3 Å². The topological polar surface area (TPSA) is 97.8 Å². The van der Waals surface area contributed by atoms with Gasteiger partial charge in [0.1, 0.15) is 18.1 Å². The first-order valence-corrected chi connectivity index (χ1v) is 12.5. The highest BCUT2D eigenvalue weighted by atomic mass is 16.5. The number of hydrogen-bond donors (Lipinski definition) is 1. The molecule has 38 heavy (non-hydrogen) atoms. The van der Waals surface area contributed by atoms with Crippen molar-refractivity contribution in [2.45, 2.75) is 13.0 Å². The van der Waals surface area contributed by atoms with E-state index in [2.05, 4.69) is 11.5 Å². The van der Waals surface area contributed by atoms with Crippen molar-refractivity contribution in [2.24, 2.45) is 0 Å². The summed E-state index contributed by atoms with van der Waals surface area (Å²) in [7, 11) is 3.06. The minimum atomic E-state index is -0.799. The van der Waals surface area contributed by atoms with E-state index in [1.54, 1.807) is 42.5 Å². The van der Waals surface area contributed by atoms with Crippen molar-refractivity contribution in [3.63, 3.8) is 0 Å². The Labute approximate surface area is 222 Å². The van der Waals surface area contributed by atoms with Gasteiger partial charge in [-0.25, -0.2) is 0 Å². The number of hydrogen-bond acceptors (Lipinski definition) is 8. The summed E-state index contributed by atoms with van der Waals surface area (Å²) >= 11 is 0. The number of aryl methyl sites for hydroxylation is 1. The Bertz CT molecular complexity index is 1230. The summed E-state index contributed by atoms with van der Waals surface area (Å²) in [5.74, 6) is -0.0129. The van der Waals surface area contributed by atoms with E-state index < -0.39 is 17.7 Å². The van der Waals surface area contributed by atoms with Crippen LogP contribution in [0.1, 0.15) is 22.7 Å². The molecule has 0 aliphatic carbocycles. The maximum Gasteiger partial charge on any atom is 0.295 e. The molecule has 2 saturated heterocycles. The van der Waals surface area contributed by atoms with Crippen LogP contribution in [0.25, 0.3) is 5.76 Å². The number of amides is 1. The van der Waals surface area contributed by atoms with Gasteiger partial charge in [-0.1, -0.05) is 18.7 Å². The molecule has 1 atom stereocenters. The second kappa shape index (κ2) is 12.1. The van der Waals surface area contributed by atoms with E-state index in [-0.39, 0.29) is 11.3 Å². The van der Waals surface area contributed by atoms with Gasteiger partial charge in [-0.05, 0) is 48.4 Å². The molecule has 0 unspecified atom stereocenters. The number of methoxy groups -OCH3 is 2. The predicted molar refractivity (Wildman–Crippen MR) is 143 cm³/mol. The molecule has 2 aliphatic heterocycles. The molecule has 2 aromatic carbocycles. The van der Waals surface area contributed by atoms with Crippen LogP contribution in [0.3, 0.4) is 0 Å². The molecule has 0 bridgehead atoms. The van der Waals surface area contributed by atoms with Gasteiger partial charge in [-0.3, -0.25) is 14.5 Å². The number of aliphatic hydroxyl groups excluding tert-OH is 1. The van der Waals surface area contributed by atoms with Crippen LogP contribution >= 0.6 is 0 Å². The van der Waals surface area contributed by atoms with Gasteiger partial charge in [0.2, 0.25) is 0 Å². The Balaban J connectivity index is 1.78. The van der Waals surface area contributed by atoms with Gasteiger partial charge in [0.05, 0.1) is 39.0 Å². The van der Waals surface area contributed by atoms with Gasteiger partial charge in [-0.2, -0.15) is 0 Å². The van der Waals surface area contributed by atoms with Gasteiger partial charge in [0, 0.05) is 31.7 Å². The molecule has 9 nitrogen and oxygen atoms in total. The van der Waals surface area contributed by atoms with E-state index in [0.29, 0.717) is 66.8 Å². The van der Waals surface area contributed by atoms with Crippen molar-refractivity contribution in [1.82, 2.24) is 9.80 Å². The van der Waals surface area contributed by atoms with Crippen molar-refractivity contribution in [1.29, 1.82) is 0 Å². The second-order valence-corrected chi connectivity index (χ2v) is 9.14. The zero-order chi connectivity index (χ0) is 27.2. The standard InChI is InChI=1S/C29H34N2O7/c1-5-14-38-21-7-8-22(19(2)17-21)27(32)25-26(20-6-9-23(35-3)24(18-20)36-4)31(29(34)28(25)33)11-10-30-12-15-37-16-13-30/h5-9,17-18,26,32H,1,10-16H2,2-4H3/t26-/m0/s1. The average Bonchev–Trinajstić information content (AvgIpc) is 3.19. The number of rotatable bonds is 10. The smallest absolute Gasteiger partial charge is 0.295 e. The van der Waals surface area contributed by atoms with Gasteiger partial charge in [0.25, 0.3) is 11.7 Å². The Morgan fingerprint density at radius 2 is 1.82 bits per heavy atom. The Morgan fingerprint density at radius 3 is 2.47 bits per heavy atom. The fourth-order valence-corrected chi connectivity index (χ4v) is 4.85. The van der Waals surface area contributed by atoms with Gasteiger partial charge in [-0.15, -0.1) is 0 Å². The summed E-state index contributed by atoms with van der Waals surface area (Å²) in [6, 6.07) is 9.63. The zero-order valence-corrected chi connectivity index (χ0v) is 22.1. The lowest BCUT2D eigenvalue weighted by molar-refractivity contribution is -0.140. The number of nitrogens with zero attached hydrogens (tertiary/aromatic N) is 2. The van der Waals surface area contributed by atoms with Gasteiger partial charge in [0.15, 0.2) is 11.5 Å². The predicted octanol–water partition coefficient (Wildman–Crippen LogP) is 3.33. The number of Topliss-reactive ketones (excluding diaryl/α,β-unsaturated/α-hetero) is 1. The van der Waals surface area contributed by atoms with Crippen molar-refractivity contribution < 1.29 is 33.6 Å². The Morgan fingerprint density at radius 1 is 1.08 bits per heavy atom. The third kappa shape index (κ3) is 5.54. The summed E-state index contributed by atoms with van der Waals surface area (Å²) in [6.07, 6.45) is 1.64. The Hall–Kier alpha value is -3.82. The quantitative estimate of drug-likeness (QED) is 0.220. The molecular formula is C29H34N2O7. The van der Waals surface area contributed by atoms with Crippen molar-refractivity contribution >= 4 is 17.4 Å². The lowest BCUT2D eigenvalue weighted by Gasteiger charge is -2.31. The average molecular weight is 523 g/mol. The van der Waals surface area contributed by atoms with Crippen molar-refractivity contribution in [3.05, 3.63) is 71.3 Å². The summed E-state index contributed by atoms with van der Waals surface area (Å²) < 4.78 is 21.9. The molecule has 9 heteroatoms. The van der Waals surface area contributed by atoms with Crippen LogP contribution in [0.4, 0.5) is 0 Å². The van der Waals surface area contributed by atoms with Crippen LogP contribution in [0.15, 0.2) is 54.6 Å². The number of morpholine rings is 1. The lowest BCUT2D eigenvalue weighted by atomic mass is 9.93. The fourth-order valence-electron chi connectivity index (χ4n) is 4.85. The number of aliphatic hydroxyl groups is 1. The molecule has 2 heterocycles. The van der Waals surface area contributed by atoms with Crippen LogP contribution in [-0.4, -0.2) is 86.8 Å². The molecule has 0 spiro atoms. The normalized spacial score (nSPS) is 19.4. The number of likely N-dealkylation sites (tertiary alicyclic amines) is 1. The number of benzene rings is 2. The van der Waals surface area contributed by atoms with E-state index in [1.165, 1.54) is 19.1 Å². The molecule has 0 aromatic heterocycles. The molecule has 0 radical (unpaired) electrons. The van der Waals surface area contributed by atoms with Crippen LogP contribution in [0, 0.1) is 6.92 Å². The van der Waals surface area contributed by atoms with E-state index in [4.69, 9.17) is 18.9 Å². The van der Waals surface area contributed by atoms with E-state index in [1.807, 2.05) is 6.92 Å². The summed E-state index contributed by atoms with van der Waals surface area (Å²) in [5.41, 5.74) is 1.82. The summed E-state index contributed by atoms with van der Waals surface area (Å²) in [6.45, 7) is 9.47. The molecule has 1 N–H and O–H groups in total. The van der Waals surface area contributed by atoms with Crippen LogP contribution < -0.4 is 14.2 Å². The van der Waals surface area contributed by atoms with Crippen molar-refractivity contribution in [3.8, 4) is 17.2 Å². The van der Waals surface area contributed by atoms with Gasteiger partial charge >= 0.3 is 0 Å². The lowest BCUT2D eigenvalue weighted by Crippen LogP contribution is -2.42. The first-order valence-electron chi connectivity index (χ1n) is 12.5. The maximum atomic E-state index is 13.4. The summed E-state index contributed by atoms with van der Waals surface area (Å²) in [5, 5.41) is 11.5. The maximum absolute atomic E-state index is 13.4. The largest absolute Gasteiger partial charge is 0.507 e. The zero-order valence-electron chi connectivity index (χ0n) is 22.1. The molecule has 0 saturated carbocycles. The minimum Gasteiger partial charge on any atom is -0.507 e. The van der Waals surface area contributed by atoms with E-state index >= 15 is 0 Å². The summed E-state index contributed by atoms with van der Waals surface area (Å²) in [4.78, 5) is 30.5. The fraction of sp³-hybridized carbons (Fsp3) is 0.379. The van der Waals surface area contributed by atoms with Gasteiger partial charge < -0.3 is 29.0 Å². The second-order valence-electron chi connectivity index (χ2n) is 9.14. The number of ketones is 1. The van der Waals surface area contributed by atoms with Crippen LogP contribution in [0.2, 0.25) is 0 Å². The highest BCUT2D eigenvalue weighted by Gasteiger charge is 2.46. The number of ether oxygens (including phenoxy) is 4. The first kappa shape index (κ1) is 27.2. The molecule has 4 rings (SSSR count). The monoisotopic (exact) mass is 522 g/mol. The molecule has 2 aliphatic rings. The molecule has 2 aromatic rings. The minimum absolute atomic E-state index is 0.0343. The molecule has 1 amide bonds. The Kier molecular flexibility index (Phi) is 8.70. The molecular weight excluding hydrogens is 488 g/mol. The van der Waals surface area contributed by atoms with Crippen molar-refractivity contribution in [2.75, 3.05) is 60.2 Å². The third-order valence-electron chi connectivity index (χ3n) is 6.84. The van der Waals surface area contributed by atoms with Crippen LogP contribution in [0.5, 0.6) is 17.2 Å². The van der Waals surface area contributed by atoms with E-state index in [9.17, 15) is 14.7 Å². The first-order chi connectivity index (χ1) is 18.4. The van der Waals surface area contributed by atoms with E-state index in [0.717, 1.165) is 13.1 Å². The third-order valence-corrected chi connectivity index (χ3v) is 6.84. The highest BCUT2D eigenvalue weighted by molar-refractivity contribution is 6.46. The SMILES string of the molecule is C=CCOc1ccc(C(O)=C2C(=O)C(=O)N(CCN3CCOCC3)[C@H]2c2ccc(OC)c(OC)c2)c(C)c1. The molecule has 202 valence electrons. The highest BCUT2D eigenvalue weighted by Crippen LogP contribution is 2.42. The number of carbonyl (C=O) groups is 2. The number of carbonyl (C=O) groups excluding carboxylic acids is 2. The molecule has 2 fully saturated rings.